The van der Waals surface area contributed by atoms with Gasteiger partial charge in [-0.05, 0) is 60.2 Å². The van der Waals surface area contributed by atoms with Crippen LogP contribution in [0, 0.1) is 0 Å². The first-order chi connectivity index (χ1) is 16.6. The maximum Gasteiger partial charge on any atom is 0.338 e. The topological polar surface area (TPSA) is 112 Å². The molecule has 4 aromatic rings. The molecular weight excluding hydrogens is 438 g/mol. The van der Waals surface area contributed by atoms with Gasteiger partial charge in [0, 0.05) is 12.1 Å². The van der Waals surface area contributed by atoms with E-state index in [0.717, 1.165) is 16.9 Å². The molecule has 172 valence electrons. The molecule has 0 spiro atoms. The van der Waals surface area contributed by atoms with Gasteiger partial charge in [-0.2, -0.15) is 0 Å². The van der Waals surface area contributed by atoms with Gasteiger partial charge in [-0.25, -0.2) is 9.78 Å². The lowest BCUT2D eigenvalue weighted by molar-refractivity contribution is -0.124. The van der Waals surface area contributed by atoms with Gasteiger partial charge in [0.15, 0.2) is 18.1 Å². The molecule has 34 heavy (non-hydrogen) atoms. The number of fused-ring (bicyclic) bond motifs is 2. The Hall–Kier alpha value is -4.53. The first kappa shape index (κ1) is 21.3. The number of nitrogens with one attached hydrogen (secondary N) is 2. The number of aromatic nitrogens is 2. The highest BCUT2D eigenvalue weighted by Crippen LogP contribution is 2.32. The van der Waals surface area contributed by atoms with Crippen LogP contribution in [0.3, 0.4) is 0 Å². The summed E-state index contributed by atoms with van der Waals surface area (Å²) in [5, 5.41) is 2.72. The Morgan fingerprint density at radius 2 is 1.85 bits per heavy atom. The first-order valence-corrected chi connectivity index (χ1v) is 10.6. The molecule has 0 radical (unpaired) electrons. The van der Waals surface area contributed by atoms with E-state index in [9.17, 15) is 9.59 Å². The zero-order valence-electron chi connectivity index (χ0n) is 18.3. The smallest absolute Gasteiger partial charge is 0.338 e. The summed E-state index contributed by atoms with van der Waals surface area (Å²) in [5.74, 6) is 1.74. The van der Waals surface area contributed by atoms with E-state index in [1.165, 1.54) is 0 Å². The maximum absolute atomic E-state index is 12.5. The molecule has 1 amide bonds. The fourth-order valence-corrected chi connectivity index (χ4v) is 3.54. The molecule has 0 unspecified atom stereocenters. The third kappa shape index (κ3) is 4.49. The van der Waals surface area contributed by atoms with Gasteiger partial charge in [-0.3, -0.25) is 4.79 Å². The maximum atomic E-state index is 12.5. The van der Waals surface area contributed by atoms with Crippen molar-refractivity contribution in [1.29, 1.82) is 0 Å². The van der Waals surface area contributed by atoms with Gasteiger partial charge in [0.2, 0.25) is 6.79 Å². The van der Waals surface area contributed by atoms with Crippen LogP contribution in [0.5, 0.6) is 17.2 Å². The average molecular weight is 459 g/mol. The largest absolute Gasteiger partial charge is 0.497 e. The second-order valence-corrected chi connectivity index (χ2v) is 7.59. The van der Waals surface area contributed by atoms with Crippen LogP contribution in [-0.2, 0) is 16.1 Å². The standard InChI is InChI=1S/C25H21N3O6/c1-31-18-6-3-16(4-7-18)24-27-19-8-5-17(11-20(19)28-24)25(30)32-13-23(29)26-12-15-2-9-21-22(10-15)34-14-33-21/h2-11H,12-14H2,1H3,(H,26,29)(H,27,28). The number of hydrogen-bond donors (Lipinski definition) is 2. The molecule has 1 aliphatic heterocycles. The molecule has 2 heterocycles. The van der Waals surface area contributed by atoms with Gasteiger partial charge in [-0.1, -0.05) is 6.07 Å². The minimum absolute atomic E-state index is 0.189. The highest BCUT2D eigenvalue weighted by atomic mass is 16.7. The lowest BCUT2D eigenvalue weighted by atomic mass is 10.2. The van der Waals surface area contributed by atoms with Gasteiger partial charge in [0.25, 0.3) is 5.91 Å². The van der Waals surface area contributed by atoms with Crippen LogP contribution in [-0.4, -0.2) is 42.4 Å². The Morgan fingerprint density at radius 3 is 2.68 bits per heavy atom. The van der Waals surface area contributed by atoms with Crippen LogP contribution in [0.4, 0.5) is 0 Å². The third-order valence-corrected chi connectivity index (χ3v) is 5.34. The Kier molecular flexibility index (Phi) is 5.73. The SMILES string of the molecule is COc1ccc(-c2nc3ccc(C(=O)OCC(=O)NCc4ccc5c(c4)OCO5)cc3[nH]2)cc1. The predicted octanol–water partition coefficient (Wildman–Crippen LogP) is 3.44. The normalized spacial score (nSPS) is 11.9. The van der Waals surface area contributed by atoms with Gasteiger partial charge >= 0.3 is 5.97 Å². The number of amides is 1. The average Bonchev–Trinajstić information content (AvgIpc) is 3.52. The van der Waals surface area contributed by atoms with Crippen molar-refractivity contribution in [3.63, 3.8) is 0 Å². The fourth-order valence-electron chi connectivity index (χ4n) is 3.54. The molecule has 2 N–H and O–H groups in total. The summed E-state index contributed by atoms with van der Waals surface area (Å²) in [6, 6.07) is 17.9. The Balaban J connectivity index is 1.18. The van der Waals surface area contributed by atoms with E-state index in [-0.39, 0.29) is 19.9 Å². The number of hydrogen-bond acceptors (Lipinski definition) is 7. The van der Waals surface area contributed by atoms with Crippen LogP contribution in [0.1, 0.15) is 15.9 Å². The summed E-state index contributed by atoms with van der Waals surface area (Å²) in [5.41, 5.74) is 3.46. The van der Waals surface area contributed by atoms with E-state index in [1.807, 2.05) is 30.3 Å². The first-order valence-electron chi connectivity index (χ1n) is 10.6. The number of carbonyl (C=O) groups excluding carboxylic acids is 2. The van der Waals surface area contributed by atoms with Gasteiger partial charge in [0.1, 0.15) is 11.6 Å². The Labute approximate surface area is 194 Å². The summed E-state index contributed by atoms with van der Waals surface area (Å²) < 4.78 is 20.9. The zero-order valence-corrected chi connectivity index (χ0v) is 18.3. The highest BCUT2D eigenvalue weighted by Gasteiger charge is 2.15. The minimum Gasteiger partial charge on any atom is -0.497 e. The molecule has 9 nitrogen and oxygen atoms in total. The number of esters is 1. The van der Waals surface area contributed by atoms with E-state index in [0.29, 0.717) is 33.9 Å². The lowest BCUT2D eigenvalue weighted by Gasteiger charge is -2.07. The number of imidazole rings is 1. The number of ether oxygens (including phenoxy) is 4. The summed E-state index contributed by atoms with van der Waals surface area (Å²) >= 11 is 0. The highest BCUT2D eigenvalue weighted by molar-refractivity contribution is 5.95. The molecule has 0 saturated carbocycles. The minimum atomic E-state index is -0.597. The second kappa shape index (κ2) is 9.14. The van der Waals surface area contributed by atoms with Crippen LogP contribution < -0.4 is 19.5 Å². The molecule has 0 atom stereocenters. The number of benzene rings is 3. The molecule has 0 fully saturated rings. The van der Waals surface area contributed by atoms with Crippen LogP contribution in [0.15, 0.2) is 60.7 Å². The Bertz CT molecular complexity index is 1360. The number of aromatic amines is 1. The summed E-state index contributed by atoms with van der Waals surface area (Å²) in [6.45, 7) is 0.0804. The van der Waals surface area contributed by atoms with Crippen LogP contribution >= 0.6 is 0 Å². The van der Waals surface area contributed by atoms with Crippen molar-refractivity contribution >= 4 is 22.9 Å². The number of rotatable bonds is 7. The van der Waals surface area contributed by atoms with Crippen molar-refractivity contribution in [3.8, 4) is 28.6 Å². The van der Waals surface area contributed by atoms with E-state index < -0.39 is 11.9 Å². The molecule has 0 bridgehead atoms. The summed E-state index contributed by atoms with van der Waals surface area (Å²) in [7, 11) is 1.61. The van der Waals surface area contributed by atoms with E-state index >= 15 is 0 Å². The quantitative estimate of drug-likeness (QED) is 0.407. The molecule has 9 heteroatoms. The molecule has 5 rings (SSSR count). The van der Waals surface area contributed by atoms with Gasteiger partial charge in [-0.15, -0.1) is 0 Å². The number of carbonyl (C=O) groups is 2. The lowest BCUT2D eigenvalue weighted by Crippen LogP contribution is -2.28. The number of H-pyrrole nitrogens is 1. The van der Waals surface area contributed by atoms with Gasteiger partial charge < -0.3 is 29.2 Å². The molecule has 3 aromatic carbocycles. The monoisotopic (exact) mass is 459 g/mol. The van der Waals surface area contributed by atoms with Crippen LogP contribution in [0.25, 0.3) is 22.4 Å². The van der Waals surface area contributed by atoms with E-state index in [2.05, 4.69) is 15.3 Å². The molecule has 0 saturated heterocycles. The van der Waals surface area contributed by atoms with E-state index in [1.54, 1.807) is 37.4 Å². The zero-order chi connectivity index (χ0) is 23.5. The molecule has 1 aliphatic rings. The predicted molar refractivity (Wildman–Crippen MR) is 123 cm³/mol. The fraction of sp³-hybridized carbons (Fsp3) is 0.160. The Morgan fingerprint density at radius 1 is 1.03 bits per heavy atom. The summed E-state index contributed by atoms with van der Waals surface area (Å²) in [4.78, 5) is 32.4. The van der Waals surface area contributed by atoms with Crippen molar-refractivity contribution in [2.45, 2.75) is 6.54 Å². The third-order valence-electron chi connectivity index (χ3n) is 5.34. The second-order valence-electron chi connectivity index (χ2n) is 7.59. The van der Waals surface area contributed by atoms with Crippen molar-refractivity contribution in [2.24, 2.45) is 0 Å². The van der Waals surface area contributed by atoms with Crippen molar-refractivity contribution in [1.82, 2.24) is 15.3 Å². The molecule has 0 aliphatic carbocycles. The number of nitrogens with zero attached hydrogens (tertiary/aromatic N) is 1. The molecular formula is C25H21N3O6. The number of methoxy groups -OCH3 is 1. The van der Waals surface area contributed by atoms with Crippen molar-refractivity contribution < 1.29 is 28.5 Å². The van der Waals surface area contributed by atoms with Gasteiger partial charge in [0.05, 0.1) is 23.7 Å². The summed E-state index contributed by atoms with van der Waals surface area (Å²) in [6.07, 6.45) is 0. The molecule has 1 aromatic heterocycles. The van der Waals surface area contributed by atoms with E-state index in [4.69, 9.17) is 18.9 Å². The van der Waals surface area contributed by atoms with Crippen LogP contribution in [0.2, 0.25) is 0 Å². The van der Waals surface area contributed by atoms with Crippen molar-refractivity contribution in [2.75, 3.05) is 20.5 Å². The van der Waals surface area contributed by atoms with Crippen molar-refractivity contribution in [3.05, 3.63) is 71.8 Å².